The first kappa shape index (κ1) is 17.2. The molecule has 0 aromatic rings. The van der Waals surface area contributed by atoms with Crippen LogP contribution in [0.15, 0.2) is 11.6 Å². The second kappa shape index (κ2) is 5.37. The van der Waals surface area contributed by atoms with E-state index in [2.05, 4.69) is 20.8 Å². The van der Waals surface area contributed by atoms with Crippen molar-refractivity contribution in [1.29, 1.82) is 0 Å². The van der Waals surface area contributed by atoms with Crippen LogP contribution >= 0.6 is 0 Å². The van der Waals surface area contributed by atoms with Gasteiger partial charge >= 0.3 is 0 Å². The standard InChI is InChI=1S/C22H30O3/c1-12-9-17-16-6-5-14-10-15(24)7-8-21(14,3)20(16)18(25)11-22(17,4)19(12)13(2)23/h10,12,16-17,19-20H,5-9,11H2,1-4H3/t12-,16+,17-,19+,20-,21+,22-/m1/s1. The molecule has 0 amide bonds. The van der Waals surface area contributed by atoms with E-state index in [0.29, 0.717) is 36.4 Å². The summed E-state index contributed by atoms with van der Waals surface area (Å²) in [5.74, 6) is 2.14. The molecule has 0 radical (unpaired) electrons. The summed E-state index contributed by atoms with van der Waals surface area (Å²) in [5, 5.41) is 0. The molecule has 3 fully saturated rings. The van der Waals surface area contributed by atoms with Crippen molar-refractivity contribution in [1.82, 2.24) is 0 Å². The average molecular weight is 342 g/mol. The Balaban J connectivity index is 1.76. The van der Waals surface area contributed by atoms with Gasteiger partial charge < -0.3 is 0 Å². The summed E-state index contributed by atoms with van der Waals surface area (Å²) in [6.07, 6.45) is 6.81. The molecule has 4 rings (SSSR count). The highest BCUT2D eigenvalue weighted by atomic mass is 16.1. The summed E-state index contributed by atoms with van der Waals surface area (Å²) in [5.41, 5.74) is 0.925. The molecule has 7 atom stereocenters. The van der Waals surface area contributed by atoms with Crippen molar-refractivity contribution in [3.63, 3.8) is 0 Å². The van der Waals surface area contributed by atoms with Gasteiger partial charge in [-0.15, -0.1) is 0 Å². The summed E-state index contributed by atoms with van der Waals surface area (Å²) >= 11 is 0. The molecule has 136 valence electrons. The van der Waals surface area contributed by atoms with Gasteiger partial charge in [0.05, 0.1) is 0 Å². The first-order chi connectivity index (χ1) is 11.7. The van der Waals surface area contributed by atoms with Crippen molar-refractivity contribution in [3.05, 3.63) is 11.6 Å². The van der Waals surface area contributed by atoms with Gasteiger partial charge in [0.25, 0.3) is 0 Å². The summed E-state index contributed by atoms with van der Waals surface area (Å²) in [7, 11) is 0. The van der Waals surface area contributed by atoms with E-state index in [0.717, 1.165) is 25.7 Å². The molecule has 25 heavy (non-hydrogen) atoms. The lowest BCUT2D eigenvalue weighted by molar-refractivity contribution is -0.148. The van der Waals surface area contributed by atoms with Crippen LogP contribution in [0.4, 0.5) is 0 Å². The monoisotopic (exact) mass is 342 g/mol. The highest BCUT2D eigenvalue weighted by molar-refractivity contribution is 5.93. The molecule has 4 aliphatic rings. The van der Waals surface area contributed by atoms with E-state index in [4.69, 9.17) is 0 Å². The van der Waals surface area contributed by atoms with Gasteiger partial charge in [-0.05, 0) is 67.3 Å². The summed E-state index contributed by atoms with van der Waals surface area (Å²) in [6.45, 7) is 8.34. The van der Waals surface area contributed by atoms with Crippen LogP contribution in [0.5, 0.6) is 0 Å². The lowest BCUT2D eigenvalue weighted by Crippen LogP contribution is -2.55. The Morgan fingerprint density at radius 1 is 1.20 bits per heavy atom. The van der Waals surface area contributed by atoms with Crippen LogP contribution in [0.25, 0.3) is 0 Å². The minimum absolute atomic E-state index is 0.0279. The molecule has 0 aromatic heterocycles. The Morgan fingerprint density at radius 2 is 1.92 bits per heavy atom. The molecular formula is C22H30O3. The molecule has 0 saturated heterocycles. The highest BCUT2D eigenvalue weighted by Gasteiger charge is 2.64. The lowest BCUT2D eigenvalue weighted by atomic mass is 9.46. The minimum Gasteiger partial charge on any atom is -0.300 e. The van der Waals surface area contributed by atoms with Crippen molar-refractivity contribution in [2.45, 2.75) is 66.2 Å². The quantitative estimate of drug-likeness (QED) is 0.719. The van der Waals surface area contributed by atoms with Gasteiger partial charge in [0, 0.05) is 24.7 Å². The Morgan fingerprint density at radius 3 is 2.60 bits per heavy atom. The van der Waals surface area contributed by atoms with Crippen LogP contribution in [0.1, 0.15) is 66.2 Å². The highest BCUT2D eigenvalue weighted by Crippen LogP contribution is 2.66. The molecule has 0 aromatic carbocycles. The molecule has 3 saturated carbocycles. The van der Waals surface area contributed by atoms with E-state index < -0.39 is 0 Å². The fraction of sp³-hybridized carbons (Fsp3) is 0.773. The third-order valence-corrected chi connectivity index (χ3v) is 8.43. The van der Waals surface area contributed by atoms with Crippen LogP contribution in [0.2, 0.25) is 0 Å². The third kappa shape index (κ3) is 2.20. The van der Waals surface area contributed by atoms with Gasteiger partial charge in [-0.3, -0.25) is 14.4 Å². The number of carbonyl (C=O) groups excluding carboxylic acids is 3. The predicted molar refractivity (Wildman–Crippen MR) is 95.8 cm³/mol. The number of fused-ring (bicyclic) bond motifs is 5. The van der Waals surface area contributed by atoms with Gasteiger partial charge in [0.1, 0.15) is 11.6 Å². The summed E-state index contributed by atoms with van der Waals surface area (Å²) in [4.78, 5) is 37.6. The van der Waals surface area contributed by atoms with E-state index in [1.54, 1.807) is 6.92 Å². The number of rotatable bonds is 1. The summed E-state index contributed by atoms with van der Waals surface area (Å²) < 4.78 is 0. The van der Waals surface area contributed by atoms with E-state index in [9.17, 15) is 14.4 Å². The molecule has 0 bridgehead atoms. The van der Waals surface area contributed by atoms with Crippen LogP contribution in [0.3, 0.4) is 0 Å². The third-order valence-electron chi connectivity index (χ3n) is 8.43. The van der Waals surface area contributed by atoms with Crippen LogP contribution in [0, 0.1) is 40.4 Å². The molecule has 0 heterocycles. The maximum Gasteiger partial charge on any atom is 0.155 e. The number of ketones is 3. The van der Waals surface area contributed by atoms with Crippen molar-refractivity contribution in [2.24, 2.45) is 40.4 Å². The zero-order valence-electron chi connectivity index (χ0n) is 15.9. The normalized spacial score (nSPS) is 49.1. The van der Waals surface area contributed by atoms with Crippen LogP contribution in [-0.4, -0.2) is 17.3 Å². The van der Waals surface area contributed by atoms with Crippen molar-refractivity contribution in [3.8, 4) is 0 Å². The van der Waals surface area contributed by atoms with Crippen LogP contribution < -0.4 is 0 Å². The van der Waals surface area contributed by atoms with Crippen molar-refractivity contribution in [2.75, 3.05) is 0 Å². The van der Waals surface area contributed by atoms with Crippen molar-refractivity contribution >= 4 is 17.3 Å². The predicted octanol–water partition coefficient (Wildman–Crippen LogP) is 4.15. The molecular weight excluding hydrogens is 312 g/mol. The van der Waals surface area contributed by atoms with Gasteiger partial charge in [0.15, 0.2) is 5.78 Å². The first-order valence-electron chi connectivity index (χ1n) is 9.95. The maximum absolute atomic E-state index is 13.4. The molecule has 4 aliphatic carbocycles. The maximum atomic E-state index is 13.4. The van der Waals surface area contributed by atoms with E-state index in [1.807, 2.05) is 6.08 Å². The second-order valence-corrected chi connectivity index (χ2v) is 9.79. The number of hydrogen-bond donors (Lipinski definition) is 0. The van der Waals surface area contributed by atoms with E-state index in [1.165, 1.54) is 5.57 Å². The van der Waals surface area contributed by atoms with E-state index in [-0.39, 0.29) is 34.2 Å². The zero-order valence-corrected chi connectivity index (χ0v) is 15.9. The number of Topliss-reactive ketones (excluding diaryl/α,β-unsaturated/α-hetero) is 2. The Kier molecular flexibility index (Phi) is 3.69. The Hall–Kier alpha value is -1.25. The van der Waals surface area contributed by atoms with Gasteiger partial charge in [-0.25, -0.2) is 0 Å². The van der Waals surface area contributed by atoms with Gasteiger partial charge in [0.2, 0.25) is 0 Å². The van der Waals surface area contributed by atoms with Gasteiger partial charge in [-0.2, -0.15) is 0 Å². The lowest BCUT2D eigenvalue weighted by Gasteiger charge is -2.56. The molecule has 0 spiro atoms. The SMILES string of the molecule is CC(=O)[C@@H]1[C@H](C)C[C@@H]2[C@@H]3CCC4=CC(=O)CC[C@]4(C)[C@H]3C(=O)C[C@]21C. The minimum atomic E-state index is -0.161. The van der Waals surface area contributed by atoms with Gasteiger partial charge in [-0.1, -0.05) is 26.3 Å². The second-order valence-electron chi connectivity index (χ2n) is 9.79. The molecule has 3 heteroatoms. The zero-order chi connectivity index (χ0) is 18.1. The smallest absolute Gasteiger partial charge is 0.155 e. The Bertz CT molecular complexity index is 689. The topological polar surface area (TPSA) is 51.2 Å². The number of allylic oxidation sites excluding steroid dienone is 1. The number of hydrogen-bond acceptors (Lipinski definition) is 3. The first-order valence-corrected chi connectivity index (χ1v) is 9.95. The fourth-order valence-corrected chi connectivity index (χ4v) is 7.62. The fourth-order valence-electron chi connectivity index (χ4n) is 7.62. The molecule has 0 unspecified atom stereocenters. The average Bonchev–Trinajstić information content (AvgIpc) is 2.77. The van der Waals surface area contributed by atoms with E-state index >= 15 is 0 Å². The largest absolute Gasteiger partial charge is 0.300 e. The van der Waals surface area contributed by atoms with Crippen molar-refractivity contribution < 1.29 is 14.4 Å². The molecule has 0 N–H and O–H groups in total. The summed E-state index contributed by atoms with van der Waals surface area (Å²) in [6, 6.07) is 0. The van der Waals surface area contributed by atoms with Crippen LogP contribution in [-0.2, 0) is 14.4 Å². The molecule has 3 nitrogen and oxygen atoms in total. The molecule has 0 aliphatic heterocycles. The number of carbonyl (C=O) groups is 3. The Labute approximate surface area is 150 Å².